The second kappa shape index (κ2) is 7.18. The molecule has 1 heterocycles. The lowest BCUT2D eigenvalue weighted by molar-refractivity contribution is -0.432. The van der Waals surface area contributed by atoms with Crippen molar-refractivity contribution in [2.75, 3.05) is 18.6 Å². The molecular weight excluding hydrogens is 244 g/mol. The fraction of sp³-hybridized carbons (Fsp3) is 1.00. The minimum Gasteiger partial charge on any atom is -0.231 e. The van der Waals surface area contributed by atoms with Gasteiger partial charge in [-0.05, 0) is 13.2 Å². The number of hydrogen-bond donors (Lipinski definition) is 2. The monoisotopic (exact) mass is 258 g/mol. The van der Waals surface area contributed by atoms with Crippen LogP contribution >= 0.6 is 35.6 Å². The van der Waals surface area contributed by atoms with Crippen molar-refractivity contribution in [2.45, 2.75) is 17.0 Å². The molecular formula is C6H14N2O3S3. The Bertz CT molecular complexity index is 165. The second-order valence-electron chi connectivity index (χ2n) is 2.59. The Morgan fingerprint density at radius 3 is 3.00 bits per heavy atom. The zero-order valence-electron chi connectivity index (χ0n) is 8.00. The van der Waals surface area contributed by atoms with Crippen LogP contribution in [0.1, 0.15) is 6.92 Å². The second-order valence-corrected chi connectivity index (χ2v) is 6.04. The average molecular weight is 258 g/mol. The molecule has 1 saturated heterocycles. The van der Waals surface area contributed by atoms with E-state index in [1.54, 1.807) is 11.8 Å². The van der Waals surface area contributed by atoms with Crippen LogP contribution in [0.3, 0.4) is 0 Å². The lowest BCUT2D eigenvalue weighted by atomic mass is 10.6. The zero-order valence-corrected chi connectivity index (χ0v) is 10.5. The first-order valence-corrected chi connectivity index (χ1v) is 7.23. The predicted octanol–water partition coefficient (Wildman–Crippen LogP) is 1.60. The van der Waals surface area contributed by atoms with Gasteiger partial charge in [0.15, 0.2) is 0 Å². The molecule has 84 valence electrons. The third kappa shape index (κ3) is 4.15. The molecule has 1 fully saturated rings. The van der Waals surface area contributed by atoms with Crippen LogP contribution in [0.25, 0.3) is 0 Å². The van der Waals surface area contributed by atoms with Gasteiger partial charge in [-0.3, -0.25) is 0 Å². The van der Waals surface area contributed by atoms with E-state index in [1.807, 2.05) is 11.8 Å². The minimum absolute atomic E-state index is 0.435. The van der Waals surface area contributed by atoms with Crippen LogP contribution in [0.5, 0.6) is 0 Å². The third-order valence-corrected chi connectivity index (χ3v) is 4.69. The van der Waals surface area contributed by atoms with Gasteiger partial charge in [0.1, 0.15) is 4.71 Å². The Kier molecular flexibility index (Phi) is 6.62. The molecule has 0 saturated carbocycles. The summed E-state index contributed by atoms with van der Waals surface area (Å²) in [5.74, 6) is 0.736. The van der Waals surface area contributed by atoms with E-state index < -0.39 is 0 Å². The summed E-state index contributed by atoms with van der Waals surface area (Å²) in [4.78, 5) is 0. The standard InChI is InChI=1S/C6H14N2O3S3/c1-5-8(3-4-13-11-10-9)7-6(12-2)14-5/h5-7,9H,3-4H2,1-2H3. The summed E-state index contributed by atoms with van der Waals surface area (Å²) in [6.07, 6.45) is 2.08. The van der Waals surface area contributed by atoms with Crippen LogP contribution in [0.15, 0.2) is 0 Å². The van der Waals surface area contributed by atoms with E-state index in [1.165, 1.54) is 0 Å². The highest BCUT2D eigenvalue weighted by Gasteiger charge is 2.27. The summed E-state index contributed by atoms with van der Waals surface area (Å²) in [5.41, 5.74) is 3.35. The molecule has 0 aromatic rings. The molecule has 1 rings (SSSR count). The van der Waals surface area contributed by atoms with E-state index in [0.717, 1.165) is 24.3 Å². The van der Waals surface area contributed by atoms with Gasteiger partial charge in [0, 0.05) is 24.3 Å². The largest absolute Gasteiger partial charge is 0.231 e. The van der Waals surface area contributed by atoms with Gasteiger partial charge >= 0.3 is 0 Å². The van der Waals surface area contributed by atoms with Crippen LogP contribution in [0.2, 0.25) is 0 Å². The summed E-state index contributed by atoms with van der Waals surface area (Å²) in [7, 11) is 0. The molecule has 0 aromatic carbocycles. The molecule has 2 N–H and O–H groups in total. The van der Waals surface area contributed by atoms with Crippen molar-refractivity contribution in [2.24, 2.45) is 0 Å². The first-order chi connectivity index (χ1) is 6.77. The molecule has 5 nitrogen and oxygen atoms in total. The number of nitrogens with zero attached hydrogens (tertiary/aromatic N) is 1. The van der Waals surface area contributed by atoms with E-state index in [9.17, 15) is 0 Å². The van der Waals surface area contributed by atoms with E-state index >= 15 is 0 Å². The summed E-state index contributed by atoms with van der Waals surface area (Å²) >= 11 is 4.76. The smallest absolute Gasteiger partial charge is 0.114 e. The van der Waals surface area contributed by atoms with Crippen LogP contribution in [-0.2, 0) is 9.37 Å². The molecule has 0 radical (unpaired) electrons. The molecule has 1 aliphatic rings. The molecule has 0 bridgehead atoms. The van der Waals surface area contributed by atoms with Crippen molar-refractivity contribution < 1.29 is 14.6 Å². The number of hydrazine groups is 1. The Morgan fingerprint density at radius 2 is 2.43 bits per heavy atom. The topological polar surface area (TPSA) is 54.0 Å². The molecule has 2 unspecified atom stereocenters. The Hall–Kier alpha value is 0.850. The first-order valence-electron chi connectivity index (χ1n) is 4.08. The van der Waals surface area contributed by atoms with Gasteiger partial charge in [-0.1, -0.05) is 5.04 Å². The summed E-state index contributed by atoms with van der Waals surface area (Å²) in [6.45, 7) is 3.00. The van der Waals surface area contributed by atoms with Crippen molar-refractivity contribution in [3.05, 3.63) is 0 Å². The average Bonchev–Trinajstić information content (AvgIpc) is 2.54. The zero-order chi connectivity index (χ0) is 10.4. The van der Waals surface area contributed by atoms with Gasteiger partial charge in [-0.25, -0.2) is 15.7 Å². The van der Waals surface area contributed by atoms with Crippen molar-refractivity contribution in [3.63, 3.8) is 0 Å². The lowest BCUT2D eigenvalue weighted by Crippen LogP contribution is -2.39. The highest BCUT2D eigenvalue weighted by molar-refractivity contribution is 8.17. The van der Waals surface area contributed by atoms with Crippen molar-refractivity contribution >= 4 is 35.6 Å². The van der Waals surface area contributed by atoms with E-state index in [0.29, 0.717) is 10.1 Å². The van der Waals surface area contributed by atoms with Crippen molar-refractivity contribution in [3.8, 4) is 0 Å². The first kappa shape index (κ1) is 12.9. The van der Waals surface area contributed by atoms with Crippen molar-refractivity contribution in [1.82, 2.24) is 10.4 Å². The number of rotatable bonds is 6. The lowest BCUT2D eigenvalue weighted by Gasteiger charge is -2.18. The Morgan fingerprint density at radius 1 is 1.64 bits per heavy atom. The summed E-state index contributed by atoms with van der Waals surface area (Å²) < 4.78 is 4.72. The quantitative estimate of drug-likeness (QED) is 0.322. The molecule has 0 aromatic heterocycles. The maximum Gasteiger partial charge on any atom is 0.114 e. The summed E-state index contributed by atoms with van der Waals surface area (Å²) in [6, 6.07) is 0. The Labute approximate surface area is 96.3 Å². The van der Waals surface area contributed by atoms with Gasteiger partial charge in [0.25, 0.3) is 0 Å². The molecule has 0 spiro atoms. The van der Waals surface area contributed by atoms with Crippen LogP contribution < -0.4 is 5.43 Å². The van der Waals surface area contributed by atoms with E-state index in [4.69, 9.17) is 5.26 Å². The molecule has 1 aliphatic heterocycles. The van der Waals surface area contributed by atoms with E-state index in [2.05, 4.69) is 33.0 Å². The Balaban J connectivity index is 2.12. The third-order valence-electron chi connectivity index (χ3n) is 1.74. The van der Waals surface area contributed by atoms with Crippen molar-refractivity contribution in [1.29, 1.82) is 0 Å². The maximum absolute atomic E-state index is 7.91. The molecule has 0 amide bonds. The molecule has 0 aliphatic carbocycles. The van der Waals surface area contributed by atoms with Gasteiger partial charge in [0.05, 0.1) is 5.37 Å². The van der Waals surface area contributed by atoms with Crippen LogP contribution in [0, 0.1) is 0 Å². The van der Waals surface area contributed by atoms with Gasteiger partial charge < -0.3 is 0 Å². The van der Waals surface area contributed by atoms with Crippen LogP contribution in [0.4, 0.5) is 0 Å². The minimum atomic E-state index is 0.435. The molecule has 14 heavy (non-hydrogen) atoms. The van der Waals surface area contributed by atoms with Gasteiger partial charge in [-0.15, -0.1) is 27.9 Å². The number of thioether (sulfide) groups is 2. The van der Waals surface area contributed by atoms with Gasteiger partial charge in [-0.2, -0.15) is 0 Å². The SMILES string of the molecule is CSC1NN(CCSOOO)C(C)S1. The number of nitrogens with one attached hydrogen (secondary N) is 1. The summed E-state index contributed by atoms with van der Waals surface area (Å²) in [5, 5.41) is 14.0. The maximum atomic E-state index is 7.91. The van der Waals surface area contributed by atoms with E-state index in [-0.39, 0.29) is 0 Å². The normalized spacial score (nSPS) is 28.5. The highest BCUT2D eigenvalue weighted by atomic mass is 32.2. The fourth-order valence-corrected chi connectivity index (χ4v) is 3.49. The predicted molar refractivity (Wildman–Crippen MR) is 61.5 cm³/mol. The fourth-order valence-electron chi connectivity index (χ4n) is 1.07. The van der Waals surface area contributed by atoms with Crippen LogP contribution in [-0.4, -0.2) is 38.9 Å². The molecule has 8 heteroatoms. The van der Waals surface area contributed by atoms with Gasteiger partial charge in [0.2, 0.25) is 0 Å². The molecule has 2 atom stereocenters. The highest BCUT2D eigenvalue weighted by Crippen LogP contribution is 2.31. The number of hydrogen-bond acceptors (Lipinski definition) is 8.